The van der Waals surface area contributed by atoms with Gasteiger partial charge in [-0.15, -0.1) is 0 Å². The molecule has 0 aromatic heterocycles. The lowest BCUT2D eigenvalue weighted by atomic mass is 10.2. The smallest absolute Gasteiger partial charge is 0.236 e. The Labute approximate surface area is 125 Å². The monoisotopic (exact) mass is 285 g/mol. The van der Waals surface area contributed by atoms with Crippen molar-refractivity contribution < 1.29 is 4.79 Å². The molecule has 0 rings (SSSR count). The molecule has 0 aliphatic heterocycles. The fraction of sp³-hybridized carbons (Fsp3) is 0.938. The molecule has 2 N–H and O–H groups in total. The Morgan fingerprint density at radius 1 is 1.05 bits per heavy atom. The summed E-state index contributed by atoms with van der Waals surface area (Å²) >= 11 is 0. The Balaban J connectivity index is 3.52. The van der Waals surface area contributed by atoms with Crippen molar-refractivity contribution in [2.45, 2.75) is 71.9 Å². The minimum absolute atomic E-state index is 0.0838. The average molecular weight is 285 g/mol. The number of unbranched alkanes of at least 4 members (excludes halogenated alkanes) is 3. The third-order valence-corrected chi connectivity index (χ3v) is 3.74. The molecule has 1 atom stereocenters. The summed E-state index contributed by atoms with van der Waals surface area (Å²) in [6.45, 7) is 11.4. The molecule has 0 aromatic carbocycles. The van der Waals surface area contributed by atoms with Gasteiger partial charge in [-0.2, -0.15) is 0 Å². The van der Waals surface area contributed by atoms with E-state index in [1.165, 1.54) is 19.3 Å². The number of nitrogens with zero attached hydrogens (tertiary/aromatic N) is 1. The number of amides is 1. The zero-order valence-corrected chi connectivity index (χ0v) is 14.2. The predicted octanol–water partition coefficient (Wildman–Crippen LogP) is 2.39. The van der Waals surface area contributed by atoms with Crippen LogP contribution in [0.15, 0.2) is 0 Å². The number of carbonyl (C=O) groups excluding carboxylic acids is 1. The first-order chi connectivity index (χ1) is 9.49. The number of hydrogen-bond donors (Lipinski definition) is 2. The first-order valence-electron chi connectivity index (χ1n) is 8.20. The van der Waals surface area contributed by atoms with Gasteiger partial charge in [0.05, 0.1) is 6.04 Å². The Morgan fingerprint density at radius 3 is 2.30 bits per heavy atom. The standard InChI is InChI=1S/C16H35N3O/c1-6-7-8-12-18-16(20)15(4)17-11-9-10-13-19(5)14(2)3/h14-15,17H,6-13H2,1-5H3,(H,18,20). The van der Waals surface area contributed by atoms with Crippen LogP contribution in [0.25, 0.3) is 0 Å². The van der Waals surface area contributed by atoms with Crippen molar-refractivity contribution in [2.24, 2.45) is 0 Å². The molecule has 4 nitrogen and oxygen atoms in total. The summed E-state index contributed by atoms with van der Waals surface area (Å²) in [5.41, 5.74) is 0. The van der Waals surface area contributed by atoms with Crippen LogP contribution in [0.3, 0.4) is 0 Å². The van der Waals surface area contributed by atoms with E-state index in [9.17, 15) is 4.79 Å². The van der Waals surface area contributed by atoms with Crippen molar-refractivity contribution in [1.29, 1.82) is 0 Å². The molecule has 0 aliphatic carbocycles. The second-order valence-corrected chi connectivity index (χ2v) is 5.96. The minimum Gasteiger partial charge on any atom is -0.355 e. The van der Waals surface area contributed by atoms with Crippen LogP contribution in [0.5, 0.6) is 0 Å². The van der Waals surface area contributed by atoms with Gasteiger partial charge in [0.25, 0.3) is 0 Å². The summed E-state index contributed by atoms with van der Waals surface area (Å²) in [6.07, 6.45) is 5.74. The Morgan fingerprint density at radius 2 is 1.70 bits per heavy atom. The number of carbonyl (C=O) groups is 1. The van der Waals surface area contributed by atoms with Crippen molar-refractivity contribution in [1.82, 2.24) is 15.5 Å². The van der Waals surface area contributed by atoms with E-state index in [4.69, 9.17) is 0 Å². The minimum atomic E-state index is -0.0838. The van der Waals surface area contributed by atoms with Gasteiger partial charge >= 0.3 is 0 Å². The van der Waals surface area contributed by atoms with Gasteiger partial charge in [0.15, 0.2) is 0 Å². The predicted molar refractivity (Wildman–Crippen MR) is 87.0 cm³/mol. The molecule has 0 heterocycles. The van der Waals surface area contributed by atoms with Gasteiger partial charge < -0.3 is 15.5 Å². The number of hydrogen-bond acceptors (Lipinski definition) is 3. The van der Waals surface area contributed by atoms with Gasteiger partial charge in [0.2, 0.25) is 5.91 Å². The van der Waals surface area contributed by atoms with E-state index in [1.807, 2.05) is 6.92 Å². The molecule has 1 amide bonds. The Bertz CT molecular complexity index is 244. The van der Waals surface area contributed by atoms with Gasteiger partial charge in [0, 0.05) is 12.6 Å². The summed E-state index contributed by atoms with van der Waals surface area (Å²) in [5, 5.41) is 6.28. The highest BCUT2D eigenvalue weighted by atomic mass is 16.2. The molecule has 0 saturated carbocycles. The molecule has 0 radical (unpaired) electrons. The lowest BCUT2D eigenvalue weighted by Gasteiger charge is -2.21. The van der Waals surface area contributed by atoms with Crippen LogP contribution in [0, 0.1) is 0 Å². The first kappa shape index (κ1) is 19.4. The van der Waals surface area contributed by atoms with E-state index in [0.29, 0.717) is 6.04 Å². The molecular weight excluding hydrogens is 250 g/mol. The summed E-state index contributed by atoms with van der Waals surface area (Å²) in [7, 11) is 2.16. The van der Waals surface area contributed by atoms with Gasteiger partial charge in [-0.25, -0.2) is 0 Å². The first-order valence-corrected chi connectivity index (χ1v) is 8.20. The number of nitrogens with one attached hydrogen (secondary N) is 2. The van der Waals surface area contributed by atoms with Crippen molar-refractivity contribution in [3.05, 3.63) is 0 Å². The highest BCUT2D eigenvalue weighted by molar-refractivity contribution is 5.81. The summed E-state index contributed by atoms with van der Waals surface area (Å²) in [6, 6.07) is 0.523. The van der Waals surface area contributed by atoms with E-state index < -0.39 is 0 Å². The third-order valence-electron chi connectivity index (χ3n) is 3.74. The lowest BCUT2D eigenvalue weighted by Crippen LogP contribution is -2.42. The Hall–Kier alpha value is -0.610. The second-order valence-electron chi connectivity index (χ2n) is 5.96. The average Bonchev–Trinajstić information content (AvgIpc) is 2.42. The molecule has 0 fully saturated rings. The van der Waals surface area contributed by atoms with E-state index >= 15 is 0 Å². The zero-order valence-electron chi connectivity index (χ0n) is 14.2. The van der Waals surface area contributed by atoms with Gasteiger partial charge in [-0.1, -0.05) is 19.8 Å². The summed E-state index contributed by atoms with van der Waals surface area (Å²) in [4.78, 5) is 14.1. The van der Waals surface area contributed by atoms with Crippen LogP contribution < -0.4 is 10.6 Å². The topological polar surface area (TPSA) is 44.4 Å². The van der Waals surface area contributed by atoms with E-state index in [0.717, 1.165) is 32.5 Å². The maximum absolute atomic E-state index is 11.8. The molecular formula is C16H35N3O. The molecule has 0 aromatic rings. The summed E-state index contributed by atoms with van der Waals surface area (Å²) in [5.74, 6) is 0.125. The van der Waals surface area contributed by atoms with Crippen molar-refractivity contribution in [2.75, 3.05) is 26.7 Å². The number of rotatable bonds is 12. The van der Waals surface area contributed by atoms with Crippen LogP contribution in [0.2, 0.25) is 0 Å². The van der Waals surface area contributed by atoms with Crippen LogP contribution in [-0.2, 0) is 4.79 Å². The van der Waals surface area contributed by atoms with Crippen LogP contribution in [0.4, 0.5) is 0 Å². The molecule has 4 heteroatoms. The molecule has 1 unspecified atom stereocenters. The quantitative estimate of drug-likeness (QED) is 0.541. The molecule has 0 spiro atoms. The van der Waals surface area contributed by atoms with Crippen LogP contribution in [-0.4, -0.2) is 49.6 Å². The Kier molecular flexibility index (Phi) is 11.8. The van der Waals surface area contributed by atoms with E-state index in [-0.39, 0.29) is 11.9 Å². The van der Waals surface area contributed by atoms with Crippen LogP contribution in [0.1, 0.15) is 59.8 Å². The third kappa shape index (κ3) is 10.2. The maximum Gasteiger partial charge on any atom is 0.236 e. The molecule has 20 heavy (non-hydrogen) atoms. The highest BCUT2D eigenvalue weighted by Crippen LogP contribution is 1.97. The zero-order chi connectivity index (χ0) is 15.4. The molecule has 0 saturated heterocycles. The van der Waals surface area contributed by atoms with E-state index in [1.54, 1.807) is 0 Å². The fourth-order valence-corrected chi connectivity index (χ4v) is 1.90. The molecule has 120 valence electrons. The summed E-state index contributed by atoms with van der Waals surface area (Å²) < 4.78 is 0. The van der Waals surface area contributed by atoms with Crippen LogP contribution >= 0.6 is 0 Å². The van der Waals surface area contributed by atoms with Gasteiger partial charge in [-0.3, -0.25) is 4.79 Å². The second kappa shape index (κ2) is 12.2. The van der Waals surface area contributed by atoms with Gasteiger partial charge in [0.1, 0.15) is 0 Å². The van der Waals surface area contributed by atoms with Crippen molar-refractivity contribution in [3.63, 3.8) is 0 Å². The van der Waals surface area contributed by atoms with E-state index in [2.05, 4.69) is 43.4 Å². The van der Waals surface area contributed by atoms with Crippen molar-refractivity contribution >= 4 is 5.91 Å². The fourth-order valence-electron chi connectivity index (χ4n) is 1.90. The largest absolute Gasteiger partial charge is 0.355 e. The van der Waals surface area contributed by atoms with Crippen molar-refractivity contribution in [3.8, 4) is 0 Å². The molecule has 0 bridgehead atoms. The van der Waals surface area contributed by atoms with Gasteiger partial charge in [-0.05, 0) is 60.2 Å². The molecule has 0 aliphatic rings. The highest BCUT2D eigenvalue weighted by Gasteiger charge is 2.10. The SMILES string of the molecule is CCCCCNC(=O)C(C)NCCCCN(C)C(C)C. The normalized spacial score (nSPS) is 12.9. The maximum atomic E-state index is 11.8. The lowest BCUT2D eigenvalue weighted by molar-refractivity contribution is -0.122.